The molecule has 0 fully saturated rings. The van der Waals surface area contributed by atoms with Crippen molar-refractivity contribution in [3.8, 4) is 5.75 Å². The van der Waals surface area contributed by atoms with Crippen molar-refractivity contribution in [3.05, 3.63) is 64.2 Å². The Hall–Kier alpha value is -1.51. The Balaban J connectivity index is 2.09. The van der Waals surface area contributed by atoms with Crippen molar-refractivity contribution < 1.29 is 9.84 Å². The fourth-order valence-electron chi connectivity index (χ4n) is 2.10. The highest BCUT2D eigenvalue weighted by molar-refractivity contribution is 6.31. The molecule has 1 unspecified atom stereocenters. The number of hydrogen-bond acceptors (Lipinski definition) is 2. The van der Waals surface area contributed by atoms with Gasteiger partial charge in [-0.25, -0.2) is 0 Å². The molecule has 20 heavy (non-hydrogen) atoms. The highest BCUT2D eigenvalue weighted by atomic mass is 35.5. The normalized spacial score (nSPS) is 12.2. The van der Waals surface area contributed by atoms with Crippen molar-refractivity contribution in [2.24, 2.45) is 0 Å². The third kappa shape index (κ3) is 3.75. The van der Waals surface area contributed by atoms with E-state index in [1.807, 2.05) is 56.3 Å². The van der Waals surface area contributed by atoms with Gasteiger partial charge in [0.25, 0.3) is 0 Å². The van der Waals surface area contributed by atoms with E-state index in [1.165, 1.54) is 0 Å². The van der Waals surface area contributed by atoms with Crippen molar-refractivity contribution in [2.45, 2.75) is 26.4 Å². The molecule has 2 aromatic carbocycles. The summed E-state index contributed by atoms with van der Waals surface area (Å²) in [6.07, 6.45) is -0.0570. The first kappa shape index (κ1) is 14.9. The molecule has 2 rings (SSSR count). The van der Waals surface area contributed by atoms with E-state index in [-0.39, 0.29) is 0 Å². The zero-order valence-corrected chi connectivity index (χ0v) is 12.5. The van der Waals surface area contributed by atoms with Gasteiger partial charge in [0.15, 0.2) is 0 Å². The lowest BCUT2D eigenvalue weighted by molar-refractivity contribution is 0.178. The number of aliphatic hydroxyl groups is 1. The second-order valence-electron chi connectivity index (χ2n) is 4.82. The van der Waals surface area contributed by atoms with Gasteiger partial charge in [-0.2, -0.15) is 0 Å². The minimum atomic E-state index is -0.564. The van der Waals surface area contributed by atoms with E-state index in [4.69, 9.17) is 16.3 Å². The standard InChI is InChI=1S/C17H19ClO2/c1-3-20-15-8-6-13(7-9-15)17(19)11-14-5-4-12(2)10-16(14)18/h4-10,17,19H,3,11H2,1-2H3. The quantitative estimate of drug-likeness (QED) is 0.888. The average molecular weight is 291 g/mol. The van der Waals surface area contributed by atoms with Crippen LogP contribution in [0.3, 0.4) is 0 Å². The molecule has 1 N–H and O–H groups in total. The van der Waals surface area contributed by atoms with Gasteiger partial charge in [0, 0.05) is 11.4 Å². The molecule has 2 nitrogen and oxygen atoms in total. The molecule has 0 spiro atoms. The van der Waals surface area contributed by atoms with Gasteiger partial charge in [0.05, 0.1) is 12.7 Å². The summed E-state index contributed by atoms with van der Waals surface area (Å²) < 4.78 is 5.39. The van der Waals surface area contributed by atoms with Crippen molar-refractivity contribution in [2.75, 3.05) is 6.61 Å². The molecule has 0 saturated heterocycles. The molecule has 0 aliphatic rings. The summed E-state index contributed by atoms with van der Waals surface area (Å²) in [5, 5.41) is 11.0. The van der Waals surface area contributed by atoms with Gasteiger partial charge in [-0.15, -0.1) is 0 Å². The Morgan fingerprint density at radius 1 is 1.15 bits per heavy atom. The molecule has 0 radical (unpaired) electrons. The maximum absolute atomic E-state index is 10.3. The topological polar surface area (TPSA) is 29.5 Å². The summed E-state index contributed by atoms with van der Waals surface area (Å²) in [6.45, 7) is 4.58. The number of benzene rings is 2. The van der Waals surface area contributed by atoms with Crippen LogP contribution in [0.15, 0.2) is 42.5 Å². The Kier molecular flexibility index (Phi) is 5.05. The van der Waals surface area contributed by atoms with E-state index in [0.29, 0.717) is 18.1 Å². The Morgan fingerprint density at radius 3 is 2.45 bits per heavy atom. The van der Waals surface area contributed by atoms with Crippen LogP contribution in [0, 0.1) is 6.92 Å². The fraction of sp³-hybridized carbons (Fsp3) is 0.294. The Labute approximate surface area is 125 Å². The van der Waals surface area contributed by atoms with Crippen LogP contribution in [0.1, 0.15) is 29.7 Å². The van der Waals surface area contributed by atoms with Gasteiger partial charge in [0.1, 0.15) is 5.75 Å². The maximum atomic E-state index is 10.3. The molecule has 0 bridgehead atoms. The SMILES string of the molecule is CCOc1ccc(C(O)Cc2ccc(C)cc2Cl)cc1. The third-order valence-corrected chi connectivity index (χ3v) is 3.55. The second kappa shape index (κ2) is 6.78. The van der Waals surface area contributed by atoms with Gasteiger partial charge >= 0.3 is 0 Å². The lowest BCUT2D eigenvalue weighted by Crippen LogP contribution is -2.02. The molecule has 0 aliphatic heterocycles. The highest BCUT2D eigenvalue weighted by Gasteiger charge is 2.11. The third-order valence-electron chi connectivity index (χ3n) is 3.20. The van der Waals surface area contributed by atoms with Crippen molar-refractivity contribution in [1.82, 2.24) is 0 Å². The number of hydrogen-bond donors (Lipinski definition) is 1. The largest absolute Gasteiger partial charge is 0.494 e. The fourth-order valence-corrected chi connectivity index (χ4v) is 2.41. The van der Waals surface area contributed by atoms with E-state index in [1.54, 1.807) is 0 Å². The first-order valence-corrected chi connectivity index (χ1v) is 7.13. The van der Waals surface area contributed by atoms with Crippen LogP contribution >= 0.6 is 11.6 Å². The molecule has 1 atom stereocenters. The molecule has 0 aliphatic carbocycles. The Morgan fingerprint density at radius 2 is 1.85 bits per heavy atom. The predicted molar refractivity (Wildman–Crippen MR) is 82.5 cm³/mol. The lowest BCUT2D eigenvalue weighted by atomic mass is 10.0. The van der Waals surface area contributed by atoms with Gasteiger partial charge in [0.2, 0.25) is 0 Å². The van der Waals surface area contributed by atoms with E-state index >= 15 is 0 Å². The molecule has 106 valence electrons. The van der Waals surface area contributed by atoms with Crippen molar-refractivity contribution in [1.29, 1.82) is 0 Å². The number of halogens is 1. The molecule has 2 aromatic rings. The van der Waals surface area contributed by atoms with Gasteiger partial charge in [-0.1, -0.05) is 35.9 Å². The second-order valence-corrected chi connectivity index (χ2v) is 5.22. The van der Waals surface area contributed by atoms with Crippen LogP contribution in [0.2, 0.25) is 5.02 Å². The Bertz CT molecular complexity index is 564. The number of rotatable bonds is 5. The zero-order chi connectivity index (χ0) is 14.5. The summed E-state index contributed by atoms with van der Waals surface area (Å²) >= 11 is 6.20. The minimum Gasteiger partial charge on any atom is -0.494 e. The van der Waals surface area contributed by atoms with Crippen LogP contribution in [-0.2, 0) is 6.42 Å². The molecule has 0 aromatic heterocycles. The summed E-state index contributed by atoms with van der Waals surface area (Å²) in [4.78, 5) is 0. The van der Waals surface area contributed by atoms with Crippen LogP contribution < -0.4 is 4.74 Å². The van der Waals surface area contributed by atoms with Gasteiger partial charge in [-0.05, 0) is 48.7 Å². The minimum absolute atomic E-state index is 0.507. The lowest BCUT2D eigenvalue weighted by Gasteiger charge is -2.13. The maximum Gasteiger partial charge on any atom is 0.119 e. The van der Waals surface area contributed by atoms with Crippen molar-refractivity contribution in [3.63, 3.8) is 0 Å². The van der Waals surface area contributed by atoms with E-state index in [9.17, 15) is 5.11 Å². The molecule has 3 heteroatoms. The number of ether oxygens (including phenoxy) is 1. The zero-order valence-electron chi connectivity index (χ0n) is 11.8. The van der Waals surface area contributed by atoms with Crippen LogP contribution in [0.25, 0.3) is 0 Å². The van der Waals surface area contributed by atoms with Crippen molar-refractivity contribution >= 4 is 11.6 Å². The summed E-state index contributed by atoms with van der Waals surface area (Å²) in [6, 6.07) is 13.4. The first-order valence-electron chi connectivity index (χ1n) is 6.76. The number of aliphatic hydroxyl groups excluding tert-OH is 1. The molecular formula is C17H19ClO2. The van der Waals surface area contributed by atoms with E-state index < -0.39 is 6.10 Å². The molecular weight excluding hydrogens is 272 g/mol. The molecule has 0 amide bonds. The monoisotopic (exact) mass is 290 g/mol. The summed E-state index contributed by atoms with van der Waals surface area (Å²) in [7, 11) is 0. The smallest absolute Gasteiger partial charge is 0.119 e. The first-order chi connectivity index (χ1) is 9.60. The van der Waals surface area contributed by atoms with Gasteiger partial charge < -0.3 is 9.84 Å². The van der Waals surface area contributed by atoms with Crippen LogP contribution in [-0.4, -0.2) is 11.7 Å². The predicted octanol–water partition coefficient (Wildman–Crippen LogP) is 4.32. The number of aryl methyl sites for hydroxylation is 1. The molecule has 0 saturated carbocycles. The van der Waals surface area contributed by atoms with E-state index in [2.05, 4.69) is 0 Å². The van der Waals surface area contributed by atoms with Gasteiger partial charge in [-0.3, -0.25) is 0 Å². The summed E-state index contributed by atoms with van der Waals surface area (Å²) in [5.74, 6) is 0.816. The van der Waals surface area contributed by atoms with E-state index in [0.717, 1.165) is 22.4 Å². The average Bonchev–Trinajstić information content (AvgIpc) is 2.43. The highest BCUT2D eigenvalue weighted by Crippen LogP contribution is 2.25. The molecule has 0 heterocycles. The summed E-state index contributed by atoms with van der Waals surface area (Å²) in [5.41, 5.74) is 2.94. The van der Waals surface area contributed by atoms with Crippen LogP contribution in [0.5, 0.6) is 5.75 Å². The van der Waals surface area contributed by atoms with Crippen LogP contribution in [0.4, 0.5) is 0 Å².